The second kappa shape index (κ2) is 7.79. The molecule has 0 fully saturated rings. The third kappa shape index (κ3) is 3.80. The van der Waals surface area contributed by atoms with Gasteiger partial charge >= 0.3 is 0 Å². The number of aliphatic hydroxyl groups is 1. The molecule has 0 radical (unpaired) electrons. The van der Waals surface area contributed by atoms with Crippen molar-refractivity contribution >= 4 is 11.7 Å². The van der Waals surface area contributed by atoms with E-state index in [2.05, 4.69) is 31.6 Å². The predicted molar refractivity (Wildman–Crippen MR) is 104 cm³/mol. The van der Waals surface area contributed by atoms with Gasteiger partial charge in [0.2, 0.25) is 0 Å². The zero-order chi connectivity index (χ0) is 19.6. The highest BCUT2D eigenvalue weighted by atomic mass is 16.3. The summed E-state index contributed by atoms with van der Waals surface area (Å²) in [6, 6.07) is -0.206. The molecule has 0 aromatic carbocycles. The molecule has 1 aromatic heterocycles. The van der Waals surface area contributed by atoms with Crippen molar-refractivity contribution < 1.29 is 9.90 Å². The van der Waals surface area contributed by atoms with Gasteiger partial charge < -0.3 is 25.5 Å². The standard InChI is InChI=1S/C19H26N6O2/c1-12-7-16-17(21-8-12)14(19(27)20-5-6-26)9-25(16)10-15-13(2)18(24(3)4)23-11-22-15/h7-9,11,17,21,26H,5-6,10H2,1-4H3,(H,20,27). The fourth-order valence-electron chi connectivity index (χ4n) is 3.32. The van der Waals surface area contributed by atoms with E-state index < -0.39 is 0 Å². The molecule has 3 heterocycles. The van der Waals surface area contributed by atoms with Crippen molar-refractivity contribution in [3.05, 3.63) is 52.9 Å². The first kappa shape index (κ1) is 18.9. The highest BCUT2D eigenvalue weighted by Crippen LogP contribution is 2.31. The maximum absolute atomic E-state index is 12.5. The van der Waals surface area contributed by atoms with Gasteiger partial charge in [-0.25, -0.2) is 9.97 Å². The highest BCUT2D eigenvalue weighted by molar-refractivity contribution is 5.96. The van der Waals surface area contributed by atoms with Crippen molar-refractivity contribution in [3.8, 4) is 0 Å². The lowest BCUT2D eigenvalue weighted by Gasteiger charge is -2.26. The van der Waals surface area contributed by atoms with Gasteiger partial charge in [-0.15, -0.1) is 0 Å². The zero-order valence-electron chi connectivity index (χ0n) is 16.2. The maximum Gasteiger partial charge on any atom is 0.251 e. The Hall–Kier alpha value is -2.87. The number of aromatic nitrogens is 2. The lowest BCUT2D eigenvalue weighted by Crippen LogP contribution is -2.38. The molecule has 27 heavy (non-hydrogen) atoms. The fraction of sp³-hybridized carbons (Fsp3) is 0.421. The molecule has 3 N–H and O–H groups in total. The normalized spacial score (nSPS) is 18.2. The van der Waals surface area contributed by atoms with Gasteiger partial charge in [-0.05, 0) is 25.5 Å². The van der Waals surface area contributed by atoms with E-state index in [9.17, 15) is 4.79 Å². The molecule has 2 aliphatic heterocycles. The summed E-state index contributed by atoms with van der Waals surface area (Å²) in [6.07, 6.45) is 7.42. The third-order valence-corrected chi connectivity index (χ3v) is 4.65. The number of aliphatic hydroxyl groups excluding tert-OH is 1. The summed E-state index contributed by atoms with van der Waals surface area (Å²) >= 11 is 0. The van der Waals surface area contributed by atoms with Crippen molar-refractivity contribution in [1.82, 2.24) is 25.5 Å². The summed E-state index contributed by atoms with van der Waals surface area (Å²) in [4.78, 5) is 25.3. The van der Waals surface area contributed by atoms with Gasteiger partial charge in [0.25, 0.3) is 5.91 Å². The second-order valence-corrected chi connectivity index (χ2v) is 6.91. The Kier molecular flexibility index (Phi) is 5.46. The molecule has 1 unspecified atom stereocenters. The number of allylic oxidation sites excluding steroid dienone is 2. The first-order valence-corrected chi connectivity index (χ1v) is 8.92. The van der Waals surface area contributed by atoms with Crippen LogP contribution in [0.2, 0.25) is 0 Å². The summed E-state index contributed by atoms with van der Waals surface area (Å²) in [5.41, 5.74) is 4.65. The summed E-state index contributed by atoms with van der Waals surface area (Å²) in [5, 5.41) is 15.0. The Morgan fingerprint density at radius 3 is 2.85 bits per heavy atom. The van der Waals surface area contributed by atoms with Gasteiger partial charge in [0, 0.05) is 44.3 Å². The number of dihydropyridines is 1. The molecule has 8 nitrogen and oxygen atoms in total. The summed E-state index contributed by atoms with van der Waals surface area (Å²) in [5.74, 6) is 0.698. The average Bonchev–Trinajstić information content (AvgIpc) is 2.99. The van der Waals surface area contributed by atoms with Crippen LogP contribution in [0.3, 0.4) is 0 Å². The van der Waals surface area contributed by atoms with Gasteiger partial charge in [-0.2, -0.15) is 0 Å². The molecular formula is C19H26N6O2. The Bertz CT molecular complexity index is 827. The van der Waals surface area contributed by atoms with E-state index in [1.807, 2.05) is 45.2 Å². The number of fused-ring (bicyclic) bond motifs is 1. The minimum absolute atomic E-state index is 0.0873. The minimum Gasteiger partial charge on any atom is -0.395 e. The Morgan fingerprint density at radius 2 is 2.15 bits per heavy atom. The van der Waals surface area contributed by atoms with Gasteiger partial charge in [0.05, 0.1) is 30.5 Å². The number of carbonyl (C=O) groups is 1. The first-order valence-electron chi connectivity index (χ1n) is 8.92. The molecule has 144 valence electrons. The van der Waals surface area contributed by atoms with Crippen molar-refractivity contribution in [2.24, 2.45) is 0 Å². The van der Waals surface area contributed by atoms with Crippen molar-refractivity contribution in [1.29, 1.82) is 0 Å². The van der Waals surface area contributed by atoms with E-state index in [4.69, 9.17) is 5.11 Å². The predicted octanol–water partition coefficient (Wildman–Crippen LogP) is 0.419. The van der Waals surface area contributed by atoms with Crippen LogP contribution in [0.5, 0.6) is 0 Å². The number of nitrogens with one attached hydrogen (secondary N) is 2. The molecule has 0 aliphatic carbocycles. The molecule has 2 aliphatic rings. The van der Waals surface area contributed by atoms with Crippen LogP contribution in [-0.4, -0.2) is 59.2 Å². The second-order valence-electron chi connectivity index (χ2n) is 6.91. The van der Waals surface area contributed by atoms with Crippen LogP contribution < -0.4 is 15.5 Å². The molecule has 3 rings (SSSR count). The molecular weight excluding hydrogens is 344 g/mol. The van der Waals surface area contributed by atoms with Gasteiger partial charge in [-0.1, -0.05) is 0 Å². The number of hydrogen-bond acceptors (Lipinski definition) is 7. The molecule has 1 atom stereocenters. The van der Waals surface area contributed by atoms with Crippen molar-refractivity contribution in [2.45, 2.75) is 26.4 Å². The van der Waals surface area contributed by atoms with Crippen LogP contribution in [0.15, 0.2) is 41.6 Å². The molecule has 8 heteroatoms. The maximum atomic E-state index is 12.5. The van der Waals surface area contributed by atoms with Crippen LogP contribution in [0.25, 0.3) is 0 Å². The van der Waals surface area contributed by atoms with Gasteiger partial charge in [-0.3, -0.25) is 4.79 Å². The molecule has 0 spiro atoms. The van der Waals surface area contributed by atoms with Crippen molar-refractivity contribution in [2.75, 3.05) is 32.1 Å². The summed E-state index contributed by atoms with van der Waals surface area (Å²) in [7, 11) is 3.91. The first-order chi connectivity index (χ1) is 12.9. The Labute approximate surface area is 159 Å². The molecule has 0 saturated heterocycles. The van der Waals surface area contributed by atoms with Crippen LogP contribution in [0, 0.1) is 6.92 Å². The van der Waals surface area contributed by atoms with Crippen molar-refractivity contribution in [3.63, 3.8) is 0 Å². The van der Waals surface area contributed by atoms with Gasteiger partial charge in [0.15, 0.2) is 0 Å². The largest absolute Gasteiger partial charge is 0.395 e. The molecule has 1 aromatic rings. The van der Waals surface area contributed by atoms with E-state index >= 15 is 0 Å². The minimum atomic E-state index is -0.206. The van der Waals surface area contributed by atoms with E-state index in [1.165, 1.54) is 0 Å². The number of hydrogen-bond donors (Lipinski definition) is 3. The lowest BCUT2D eigenvalue weighted by molar-refractivity contribution is -0.117. The monoisotopic (exact) mass is 370 g/mol. The zero-order valence-corrected chi connectivity index (χ0v) is 16.2. The SMILES string of the molecule is CC1=CNC2C(C(=O)NCCO)=CN(Cc3ncnc(N(C)C)c3C)C2=C1. The van der Waals surface area contributed by atoms with E-state index in [-0.39, 0.29) is 25.1 Å². The van der Waals surface area contributed by atoms with E-state index in [1.54, 1.807) is 6.33 Å². The summed E-state index contributed by atoms with van der Waals surface area (Å²) < 4.78 is 0. The number of anilines is 1. The third-order valence-electron chi connectivity index (χ3n) is 4.65. The van der Waals surface area contributed by atoms with Gasteiger partial charge in [0.1, 0.15) is 12.1 Å². The quantitative estimate of drug-likeness (QED) is 0.668. The van der Waals surface area contributed by atoms with Crippen LogP contribution >= 0.6 is 0 Å². The number of rotatable bonds is 6. The van der Waals surface area contributed by atoms with Crippen LogP contribution in [0.1, 0.15) is 18.2 Å². The summed E-state index contributed by atoms with van der Waals surface area (Å²) in [6.45, 7) is 4.71. The smallest absolute Gasteiger partial charge is 0.251 e. The molecule has 1 amide bonds. The van der Waals surface area contributed by atoms with E-state index in [0.29, 0.717) is 12.1 Å². The Morgan fingerprint density at radius 1 is 1.37 bits per heavy atom. The van der Waals surface area contributed by atoms with Crippen LogP contribution in [0.4, 0.5) is 5.82 Å². The molecule has 0 bridgehead atoms. The van der Waals surface area contributed by atoms with E-state index in [0.717, 1.165) is 28.3 Å². The number of amides is 1. The highest BCUT2D eigenvalue weighted by Gasteiger charge is 2.35. The molecule has 0 saturated carbocycles. The van der Waals surface area contributed by atoms with Crippen LogP contribution in [-0.2, 0) is 11.3 Å². The fourth-order valence-corrected chi connectivity index (χ4v) is 3.32. The lowest BCUT2D eigenvalue weighted by atomic mass is 10.0. The number of carbonyl (C=O) groups excluding carboxylic acids is 1. The topological polar surface area (TPSA) is 93.6 Å². The Balaban J connectivity index is 1.91. The number of nitrogens with zero attached hydrogens (tertiary/aromatic N) is 4. The average molecular weight is 370 g/mol.